The summed E-state index contributed by atoms with van der Waals surface area (Å²) in [4.78, 5) is 12.5. The Morgan fingerprint density at radius 2 is 2.26 bits per heavy atom. The molecule has 4 nitrogen and oxygen atoms in total. The number of alkyl halides is 3. The molecule has 0 spiro atoms. The lowest BCUT2D eigenvalue weighted by Gasteiger charge is -2.33. The predicted molar refractivity (Wildman–Crippen MR) is 59.7 cm³/mol. The molecule has 1 fully saturated rings. The summed E-state index contributed by atoms with van der Waals surface area (Å²) in [6.07, 6.45) is -2.35. The van der Waals surface area contributed by atoms with Gasteiger partial charge in [0.1, 0.15) is 0 Å². The van der Waals surface area contributed by atoms with E-state index in [1.807, 2.05) is 0 Å². The number of piperidine rings is 1. The largest absolute Gasteiger partial charge is 0.475 e. The molecule has 0 bridgehead atoms. The van der Waals surface area contributed by atoms with Gasteiger partial charge in [0.15, 0.2) is 0 Å². The number of aromatic carboxylic acids is 1. The second kappa shape index (κ2) is 5.24. The SMILES string of the molecule is O=C(O)c1occc1CN1CCCC(C(F)(F)F)C1. The Bertz CT molecular complexity index is 455. The number of carboxylic acid groups (broad SMARTS) is 1. The number of carboxylic acids is 1. The van der Waals surface area contributed by atoms with Crippen molar-refractivity contribution in [1.82, 2.24) is 4.90 Å². The Balaban J connectivity index is 2.03. The monoisotopic (exact) mass is 277 g/mol. The van der Waals surface area contributed by atoms with E-state index >= 15 is 0 Å². The number of halogens is 3. The molecular weight excluding hydrogens is 263 g/mol. The predicted octanol–water partition coefficient (Wildman–Crippen LogP) is 2.75. The molecule has 0 aliphatic carbocycles. The molecule has 1 aromatic rings. The third-order valence-corrected chi connectivity index (χ3v) is 3.30. The van der Waals surface area contributed by atoms with E-state index in [0.29, 0.717) is 18.5 Å². The molecule has 1 aromatic heterocycles. The fourth-order valence-electron chi connectivity index (χ4n) is 2.36. The molecule has 19 heavy (non-hydrogen) atoms. The quantitative estimate of drug-likeness (QED) is 0.923. The number of nitrogens with zero attached hydrogens (tertiary/aromatic N) is 1. The van der Waals surface area contributed by atoms with Crippen LogP contribution in [0.2, 0.25) is 0 Å². The molecule has 1 aliphatic heterocycles. The minimum atomic E-state index is -4.19. The zero-order valence-electron chi connectivity index (χ0n) is 10.1. The van der Waals surface area contributed by atoms with Crippen LogP contribution in [-0.2, 0) is 6.54 Å². The molecule has 0 saturated carbocycles. The summed E-state index contributed by atoms with van der Waals surface area (Å²) >= 11 is 0. The lowest BCUT2D eigenvalue weighted by Crippen LogP contribution is -2.41. The van der Waals surface area contributed by atoms with Gasteiger partial charge in [0.05, 0.1) is 12.2 Å². The van der Waals surface area contributed by atoms with E-state index in [1.54, 1.807) is 4.90 Å². The van der Waals surface area contributed by atoms with Crippen LogP contribution in [0, 0.1) is 5.92 Å². The lowest BCUT2D eigenvalue weighted by molar-refractivity contribution is -0.187. The highest BCUT2D eigenvalue weighted by atomic mass is 19.4. The Morgan fingerprint density at radius 3 is 2.89 bits per heavy atom. The first kappa shape index (κ1) is 13.9. The normalized spacial score (nSPS) is 21.5. The van der Waals surface area contributed by atoms with Crippen LogP contribution in [-0.4, -0.2) is 35.2 Å². The van der Waals surface area contributed by atoms with Gasteiger partial charge in [-0.1, -0.05) is 0 Å². The summed E-state index contributed by atoms with van der Waals surface area (Å²) in [5.41, 5.74) is 0.412. The van der Waals surface area contributed by atoms with E-state index in [0.717, 1.165) is 0 Å². The first-order valence-electron chi connectivity index (χ1n) is 5.96. The molecule has 0 radical (unpaired) electrons. The Labute approximate surface area is 107 Å². The number of likely N-dealkylation sites (tertiary alicyclic amines) is 1. The summed E-state index contributed by atoms with van der Waals surface area (Å²) < 4.78 is 42.8. The summed E-state index contributed by atoms with van der Waals surface area (Å²) in [7, 11) is 0. The molecular formula is C12H14F3NO3. The molecule has 7 heteroatoms. The van der Waals surface area contributed by atoms with Crippen molar-refractivity contribution >= 4 is 5.97 Å². The fourth-order valence-corrected chi connectivity index (χ4v) is 2.36. The lowest BCUT2D eigenvalue weighted by atomic mass is 9.97. The maximum atomic E-state index is 12.7. The van der Waals surface area contributed by atoms with Crippen molar-refractivity contribution in [3.63, 3.8) is 0 Å². The minimum Gasteiger partial charge on any atom is -0.475 e. The van der Waals surface area contributed by atoms with Crippen LogP contribution in [0.25, 0.3) is 0 Å². The van der Waals surface area contributed by atoms with Crippen LogP contribution in [0.15, 0.2) is 16.7 Å². The second-order valence-electron chi connectivity index (χ2n) is 4.70. The average Bonchev–Trinajstić information content (AvgIpc) is 2.76. The van der Waals surface area contributed by atoms with E-state index in [4.69, 9.17) is 9.52 Å². The van der Waals surface area contributed by atoms with Gasteiger partial charge in [0.25, 0.3) is 0 Å². The van der Waals surface area contributed by atoms with Crippen LogP contribution in [0.3, 0.4) is 0 Å². The van der Waals surface area contributed by atoms with Gasteiger partial charge in [0.2, 0.25) is 5.76 Å². The molecule has 106 valence electrons. The smallest absolute Gasteiger partial charge is 0.393 e. The fraction of sp³-hybridized carbons (Fsp3) is 0.583. The van der Waals surface area contributed by atoms with Gasteiger partial charge in [-0.05, 0) is 25.5 Å². The third-order valence-electron chi connectivity index (χ3n) is 3.30. The van der Waals surface area contributed by atoms with Crippen LogP contribution in [0.4, 0.5) is 13.2 Å². The summed E-state index contributed by atoms with van der Waals surface area (Å²) in [5, 5.41) is 8.87. The van der Waals surface area contributed by atoms with Gasteiger partial charge < -0.3 is 9.52 Å². The van der Waals surface area contributed by atoms with E-state index in [1.165, 1.54) is 12.3 Å². The maximum Gasteiger partial charge on any atom is 0.393 e. The number of hydrogen-bond acceptors (Lipinski definition) is 3. The van der Waals surface area contributed by atoms with Crippen LogP contribution in [0.5, 0.6) is 0 Å². The molecule has 0 amide bonds. The Hall–Kier alpha value is -1.50. The van der Waals surface area contributed by atoms with Gasteiger partial charge in [-0.3, -0.25) is 4.90 Å². The Morgan fingerprint density at radius 1 is 1.53 bits per heavy atom. The van der Waals surface area contributed by atoms with Crippen molar-refractivity contribution in [2.24, 2.45) is 5.92 Å². The average molecular weight is 277 g/mol. The summed E-state index contributed by atoms with van der Waals surface area (Å²) in [6, 6.07) is 1.49. The van der Waals surface area contributed by atoms with Crippen molar-refractivity contribution in [1.29, 1.82) is 0 Å². The maximum absolute atomic E-state index is 12.7. The van der Waals surface area contributed by atoms with Crippen molar-refractivity contribution in [3.8, 4) is 0 Å². The van der Waals surface area contributed by atoms with Gasteiger partial charge in [-0.25, -0.2) is 4.79 Å². The van der Waals surface area contributed by atoms with E-state index < -0.39 is 18.1 Å². The Kier molecular flexibility index (Phi) is 3.84. The minimum absolute atomic E-state index is 0.0895. The van der Waals surface area contributed by atoms with Crippen LogP contribution < -0.4 is 0 Å². The standard InChI is InChI=1S/C12H14F3NO3/c13-12(14,15)9-2-1-4-16(7-9)6-8-3-5-19-10(8)11(17)18/h3,5,9H,1-2,4,6-7H2,(H,17,18). The van der Waals surface area contributed by atoms with E-state index in [-0.39, 0.29) is 25.3 Å². The van der Waals surface area contributed by atoms with Crippen LogP contribution >= 0.6 is 0 Å². The molecule has 0 aromatic carbocycles. The van der Waals surface area contributed by atoms with Gasteiger partial charge >= 0.3 is 12.1 Å². The summed E-state index contributed by atoms with van der Waals surface area (Å²) in [6.45, 7) is 0.620. The van der Waals surface area contributed by atoms with E-state index in [2.05, 4.69) is 0 Å². The third kappa shape index (κ3) is 3.28. The van der Waals surface area contributed by atoms with Crippen molar-refractivity contribution in [2.75, 3.05) is 13.1 Å². The van der Waals surface area contributed by atoms with Crippen LogP contribution in [0.1, 0.15) is 29.0 Å². The first-order valence-corrected chi connectivity index (χ1v) is 5.96. The van der Waals surface area contributed by atoms with Crippen molar-refractivity contribution in [2.45, 2.75) is 25.6 Å². The highest BCUT2D eigenvalue weighted by Crippen LogP contribution is 2.33. The molecule has 1 unspecified atom stereocenters. The molecule has 1 aliphatic rings. The molecule has 1 saturated heterocycles. The highest BCUT2D eigenvalue weighted by molar-refractivity contribution is 5.86. The number of carbonyl (C=O) groups is 1. The number of rotatable bonds is 3. The molecule has 1 N–H and O–H groups in total. The number of hydrogen-bond donors (Lipinski definition) is 1. The van der Waals surface area contributed by atoms with Crippen molar-refractivity contribution < 1.29 is 27.5 Å². The van der Waals surface area contributed by atoms with Crippen molar-refractivity contribution in [3.05, 3.63) is 23.7 Å². The molecule has 2 rings (SSSR count). The molecule has 2 heterocycles. The van der Waals surface area contributed by atoms with E-state index in [9.17, 15) is 18.0 Å². The number of furan rings is 1. The van der Waals surface area contributed by atoms with Gasteiger partial charge in [-0.2, -0.15) is 13.2 Å². The van der Waals surface area contributed by atoms with Gasteiger partial charge in [-0.15, -0.1) is 0 Å². The first-order chi connectivity index (χ1) is 8.88. The summed E-state index contributed by atoms with van der Waals surface area (Å²) in [5.74, 6) is -2.74. The topological polar surface area (TPSA) is 53.7 Å². The van der Waals surface area contributed by atoms with Gasteiger partial charge in [0, 0.05) is 18.7 Å². The molecule has 1 atom stereocenters. The second-order valence-corrected chi connectivity index (χ2v) is 4.70. The highest BCUT2D eigenvalue weighted by Gasteiger charge is 2.41. The zero-order chi connectivity index (χ0) is 14.0. The zero-order valence-corrected chi connectivity index (χ0v) is 10.1.